The summed E-state index contributed by atoms with van der Waals surface area (Å²) >= 11 is 0. The molecule has 0 aromatic rings. The number of ether oxygens (including phenoxy) is 4. The van der Waals surface area contributed by atoms with E-state index in [4.69, 9.17) is 18.9 Å². The van der Waals surface area contributed by atoms with Gasteiger partial charge in [-0.3, -0.25) is 4.79 Å². The number of rotatable bonds is 46. The van der Waals surface area contributed by atoms with Crippen molar-refractivity contribution in [3.63, 3.8) is 0 Å². The van der Waals surface area contributed by atoms with Gasteiger partial charge in [-0.1, -0.05) is 217 Å². The fourth-order valence-electron chi connectivity index (χ4n) is 9.58. The van der Waals surface area contributed by atoms with Gasteiger partial charge in [-0.05, 0) is 51.4 Å². The number of aliphatic hydroxyl groups is 8. The lowest BCUT2D eigenvalue weighted by molar-refractivity contribution is -0.359. The van der Waals surface area contributed by atoms with Crippen molar-refractivity contribution in [3.8, 4) is 0 Å². The molecule has 0 bridgehead atoms. The molecule has 2 rings (SSSR count). The van der Waals surface area contributed by atoms with Crippen molar-refractivity contribution in [1.82, 2.24) is 5.32 Å². The minimum atomic E-state index is -1.78. The normalized spacial score (nSPS) is 25.7. The van der Waals surface area contributed by atoms with Crippen molar-refractivity contribution in [3.05, 3.63) is 48.6 Å². The molecule has 12 atom stereocenters. The zero-order valence-corrected chi connectivity index (χ0v) is 45.6. The van der Waals surface area contributed by atoms with Crippen LogP contribution in [-0.2, 0) is 23.7 Å². The van der Waals surface area contributed by atoms with Crippen LogP contribution in [0.25, 0.3) is 0 Å². The standard InChI is InChI=1S/C59H107NO13/c1-3-5-7-9-10-11-12-13-14-15-16-17-18-19-20-21-22-23-24-25-26-27-28-29-30-31-32-33-34-35-36-37-38-39-41-43-51(64)60-47(48(63)42-40-8-6-4-2)46-70-58-56(69)54(67)57(50(45-62)72-58)73-59-55(68)53(66)52(65)49(44-61)71-59/h5,7,10-11,13-14,16-17,47-50,52-59,61-63,65-69H,3-4,6,8-9,12,15,18-46H2,1-2H3,(H,60,64)/b7-5-,11-10-,14-13-,17-16-. The van der Waals surface area contributed by atoms with Crippen molar-refractivity contribution in [2.75, 3.05) is 19.8 Å². The third-order valence-electron chi connectivity index (χ3n) is 14.3. The van der Waals surface area contributed by atoms with Gasteiger partial charge >= 0.3 is 0 Å². The number of hydrogen-bond acceptors (Lipinski definition) is 13. The van der Waals surface area contributed by atoms with E-state index in [0.29, 0.717) is 12.8 Å². The number of allylic oxidation sites excluding steroid dienone is 8. The maximum absolute atomic E-state index is 13.1. The first kappa shape index (κ1) is 67.1. The fourth-order valence-corrected chi connectivity index (χ4v) is 9.58. The first-order valence-corrected chi connectivity index (χ1v) is 29.4. The highest BCUT2D eigenvalue weighted by Gasteiger charge is 2.51. The Balaban J connectivity index is 1.49. The van der Waals surface area contributed by atoms with E-state index >= 15 is 0 Å². The number of aliphatic hydroxyl groups excluding tert-OH is 8. The third-order valence-corrected chi connectivity index (χ3v) is 14.3. The Morgan fingerprint density at radius 2 is 0.945 bits per heavy atom. The fraction of sp³-hybridized carbons (Fsp3) is 0.847. The number of unbranched alkanes of at least 4 members (excludes halogenated alkanes) is 25. The first-order chi connectivity index (χ1) is 35.6. The second-order valence-corrected chi connectivity index (χ2v) is 20.7. The van der Waals surface area contributed by atoms with Gasteiger partial charge in [-0.15, -0.1) is 0 Å². The molecule has 0 aromatic heterocycles. The molecule has 9 N–H and O–H groups in total. The summed E-state index contributed by atoms with van der Waals surface area (Å²) in [6.45, 7) is 2.61. The van der Waals surface area contributed by atoms with Crippen LogP contribution in [0.3, 0.4) is 0 Å². The van der Waals surface area contributed by atoms with E-state index in [1.165, 1.54) is 122 Å². The van der Waals surface area contributed by atoms with Crippen LogP contribution in [0, 0.1) is 0 Å². The molecule has 2 heterocycles. The molecule has 1 amide bonds. The highest BCUT2D eigenvalue weighted by atomic mass is 16.7. The minimum absolute atomic E-state index is 0.214. The largest absolute Gasteiger partial charge is 0.394 e. The Morgan fingerprint density at radius 1 is 0.507 bits per heavy atom. The zero-order valence-electron chi connectivity index (χ0n) is 45.6. The van der Waals surface area contributed by atoms with E-state index in [9.17, 15) is 45.6 Å². The summed E-state index contributed by atoms with van der Waals surface area (Å²) < 4.78 is 22.6. The molecular weight excluding hydrogens is 931 g/mol. The highest BCUT2D eigenvalue weighted by molar-refractivity contribution is 5.76. The van der Waals surface area contributed by atoms with Crippen LogP contribution in [0.2, 0.25) is 0 Å². The van der Waals surface area contributed by atoms with Crippen molar-refractivity contribution in [2.24, 2.45) is 0 Å². The molecule has 2 fully saturated rings. The van der Waals surface area contributed by atoms with Crippen LogP contribution in [-0.4, -0.2) is 140 Å². The van der Waals surface area contributed by atoms with Crippen LogP contribution < -0.4 is 5.32 Å². The highest BCUT2D eigenvalue weighted by Crippen LogP contribution is 2.30. The molecule has 0 aromatic carbocycles. The number of carbonyl (C=O) groups is 1. The van der Waals surface area contributed by atoms with Crippen LogP contribution in [0.5, 0.6) is 0 Å². The van der Waals surface area contributed by atoms with Crippen molar-refractivity contribution < 1.29 is 64.6 Å². The lowest BCUT2D eigenvalue weighted by Gasteiger charge is -2.46. The zero-order chi connectivity index (χ0) is 53.2. The van der Waals surface area contributed by atoms with Crippen LogP contribution in [0.1, 0.15) is 226 Å². The Morgan fingerprint density at radius 3 is 1.44 bits per heavy atom. The molecule has 426 valence electrons. The van der Waals surface area contributed by atoms with Crippen molar-refractivity contribution in [1.29, 1.82) is 0 Å². The second kappa shape index (κ2) is 45.0. The molecule has 14 nitrogen and oxygen atoms in total. The lowest BCUT2D eigenvalue weighted by Crippen LogP contribution is -2.65. The molecule has 2 saturated heterocycles. The topological polar surface area (TPSA) is 228 Å². The van der Waals surface area contributed by atoms with Gasteiger partial charge in [-0.2, -0.15) is 0 Å². The Hall–Kier alpha value is -2.05. The van der Waals surface area contributed by atoms with E-state index < -0.39 is 86.8 Å². The van der Waals surface area contributed by atoms with Gasteiger partial charge in [0, 0.05) is 6.42 Å². The first-order valence-electron chi connectivity index (χ1n) is 29.4. The lowest BCUT2D eigenvalue weighted by atomic mass is 9.97. The predicted octanol–water partition coefficient (Wildman–Crippen LogP) is 9.61. The maximum atomic E-state index is 13.1. The summed E-state index contributed by atoms with van der Waals surface area (Å²) in [7, 11) is 0. The van der Waals surface area contributed by atoms with Gasteiger partial charge < -0.3 is 65.1 Å². The quantitative estimate of drug-likeness (QED) is 0.0205. The molecule has 73 heavy (non-hydrogen) atoms. The summed E-state index contributed by atoms with van der Waals surface area (Å²) in [5.74, 6) is -0.214. The number of amides is 1. The van der Waals surface area contributed by atoms with Crippen molar-refractivity contribution in [2.45, 2.75) is 299 Å². The van der Waals surface area contributed by atoms with E-state index in [0.717, 1.165) is 77.0 Å². The van der Waals surface area contributed by atoms with Gasteiger partial charge in [-0.25, -0.2) is 0 Å². The molecule has 0 spiro atoms. The SMILES string of the molecule is CC/C=C\C/C=C\C/C=C\C/C=C\CCCCCCCCCCCCCCCCCCCCCCCCC(=O)NC(COC1OC(CO)C(OC2OC(CO)C(O)C(O)C2O)C(O)C1O)C(O)CCCCCC. The molecular formula is C59H107NO13. The average Bonchev–Trinajstić information content (AvgIpc) is 3.39. The van der Waals surface area contributed by atoms with Gasteiger partial charge in [0.05, 0.1) is 32.0 Å². The summed E-state index contributed by atoms with van der Waals surface area (Å²) in [5.41, 5.74) is 0. The Kier molecular flexibility index (Phi) is 41.4. The van der Waals surface area contributed by atoms with Crippen LogP contribution in [0.4, 0.5) is 0 Å². The Bertz CT molecular complexity index is 1410. The Labute approximate surface area is 442 Å². The molecule has 2 aliphatic rings. The molecule has 2 aliphatic heterocycles. The van der Waals surface area contributed by atoms with E-state index in [-0.39, 0.29) is 12.5 Å². The van der Waals surface area contributed by atoms with Gasteiger partial charge in [0.1, 0.15) is 48.8 Å². The third kappa shape index (κ3) is 31.1. The number of hydrogen-bond donors (Lipinski definition) is 9. The summed E-state index contributed by atoms with van der Waals surface area (Å²) in [6, 6.07) is -0.823. The molecule has 14 heteroatoms. The molecule has 0 saturated carbocycles. The smallest absolute Gasteiger partial charge is 0.220 e. The molecule has 0 aliphatic carbocycles. The summed E-state index contributed by atoms with van der Waals surface area (Å²) in [5, 5.41) is 86.4. The number of nitrogens with one attached hydrogen (secondary N) is 1. The van der Waals surface area contributed by atoms with Gasteiger partial charge in [0.15, 0.2) is 12.6 Å². The average molecular weight is 1040 g/mol. The summed E-state index contributed by atoms with van der Waals surface area (Å²) in [6.07, 6.45) is 39.5. The monoisotopic (exact) mass is 1040 g/mol. The van der Waals surface area contributed by atoms with Crippen LogP contribution >= 0.6 is 0 Å². The van der Waals surface area contributed by atoms with Gasteiger partial charge in [0.25, 0.3) is 0 Å². The predicted molar refractivity (Wildman–Crippen MR) is 291 cm³/mol. The van der Waals surface area contributed by atoms with Crippen molar-refractivity contribution >= 4 is 5.91 Å². The number of carbonyl (C=O) groups excluding carboxylic acids is 1. The van der Waals surface area contributed by atoms with E-state index in [1.54, 1.807) is 0 Å². The summed E-state index contributed by atoms with van der Waals surface area (Å²) in [4.78, 5) is 13.1. The van der Waals surface area contributed by atoms with E-state index in [2.05, 4.69) is 67.8 Å². The maximum Gasteiger partial charge on any atom is 0.220 e. The van der Waals surface area contributed by atoms with E-state index in [1.807, 2.05) is 0 Å². The van der Waals surface area contributed by atoms with Crippen LogP contribution in [0.15, 0.2) is 48.6 Å². The van der Waals surface area contributed by atoms with Gasteiger partial charge in [0.2, 0.25) is 5.91 Å². The second-order valence-electron chi connectivity index (χ2n) is 20.7. The molecule has 0 radical (unpaired) electrons. The molecule has 12 unspecified atom stereocenters. The minimum Gasteiger partial charge on any atom is -0.394 e.